The molecule has 17 nitrogen and oxygen atoms in total. The molecule has 2 saturated heterocycles. The van der Waals surface area contributed by atoms with Gasteiger partial charge in [-0.3, -0.25) is 19.8 Å². The molecule has 19 heteroatoms. The number of aliphatic hydroxyl groups is 1. The number of likely N-dealkylation sites (tertiary alicyclic amines) is 1. The Morgan fingerprint density at radius 1 is 1.03 bits per heavy atom. The van der Waals surface area contributed by atoms with Crippen LogP contribution < -0.4 is 29.1 Å². The average Bonchev–Trinajstić information content (AvgIpc) is 4.00. The Morgan fingerprint density at radius 2 is 1.78 bits per heavy atom. The third kappa shape index (κ3) is 10.3. The Labute approximate surface area is 425 Å². The summed E-state index contributed by atoms with van der Waals surface area (Å²) in [5.74, 6) is -0.777. The molecule has 3 aliphatic heterocycles. The molecule has 2 saturated carbocycles. The van der Waals surface area contributed by atoms with Crippen LogP contribution >= 0.6 is 0 Å². The highest BCUT2D eigenvalue weighted by molar-refractivity contribution is 7.90. The number of piperidine rings is 1. The molecule has 10 rings (SSSR count). The Bertz CT molecular complexity index is 2990. The molecule has 5 aliphatic rings. The standard InChI is InChI=1S/C54H66FN7O10S/c1-32(2)37-9-6-7-10-38(37)39-11-8-12-44(39)61-30-54(31-61)19-21-60(22-20-54)35-13-14-40(46(23-35)72-48-26-41-42(55)27-56-50(41)58-52(48)71-28-33(3)69-5)51(63)59-73(67,68)36-24-45(62(65)66)49-47(25-36)70-29-43(57-49)34-15-17-53(4,64)18-16-34/h6-7,9-10,13-14,23-27,32-34,39,43-44,57,64H,8,11-12,15-22,28-31H2,1-5H3,(H,56,58)(H,59,63)/t33?,34-,39-,43+,44?,53-/m0/s1. The number of ether oxygens (including phenoxy) is 4. The highest BCUT2D eigenvalue weighted by Gasteiger charge is 2.49. The van der Waals surface area contributed by atoms with Gasteiger partial charge < -0.3 is 39.3 Å². The number of halogens is 1. The Hall–Kier alpha value is -6.02. The molecule has 4 atom stereocenters. The van der Waals surface area contributed by atoms with Crippen LogP contribution in [0, 0.1) is 27.3 Å². The fraction of sp³-hybridized carbons (Fsp3) is 0.519. The van der Waals surface area contributed by atoms with E-state index in [1.165, 1.54) is 49.6 Å². The number of hydrogen-bond donors (Lipinski definition) is 4. The third-order valence-corrected chi connectivity index (χ3v) is 17.6. The molecule has 2 unspecified atom stereocenters. The summed E-state index contributed by atoms with van der Waals surface area (Å²) in [6.45, 7) is 11.9. The molecule has 1 amide bonds. The maximum atomic E-state index is 15.1. The van der Waals surface area contributed by atoms with Gasteiger partial charge >= 0.3 is 0 Å². The molecule has 4 N–H and O–H groups in total. The zero-order valence-electron chi connectivity index (χ0n) is 42.1. The lowest BCUT2D eigenvalue weighted by molar-refractivity contribution is -0.384. The van der Waals surface area contributed by atoms with E-state index in [1.807, 2.05) is 0 Å². The van der Waals surface area contributed by atoms with Crippen molar-refractivity contribution in [1.82, 2.24) is 19.6 Å². The summed E-state index contributed by atoms with van der Waals surface area (Å²) >= 11 is 0. The predicted molar refractivity (Wildman–Crippen MR) is 274 cm³/mol. The minimum atomic E-state index is -4.78. The van der Waals surface area contributed by atoms with Gasteiger partial charge in [0.15, 0.2) is 17.2 Å². The zero-order chi connectivity index (χ0) is 51.4. The number of carbonyl (C=O) groups excluding carboxylic acids is 1. The summed E-state index contributed by atoms with van der Waals surface area (Å²) in [5.41, 5.74) is 2.60. The van der Waals surface area contributed by atoms with Gasteiger partial charge in [-0.05, 0) is 112 Å². The largest absolute Gasteiger partial charge is 0.489 e. The molecule has 5 aromatic rings. The van der Waals surface area contributed by atoms with Gasteiger partial charge in [-0.2, -0.15) is 4.98 Å². The summed E-state index contributed by atoms with van der Waals surface area (Å²) < 4.78 is 69.4. The number of methoxy groups -OCH3 is 1. The molecule has 3 aromatic carbocycles. The Kier molecular flexibility index (Phi) is 13.8. The molecule has 1 spiro atoms. The van der Waals surface area contributed by atoms with Crippen molar-refractivity contribution < 1.29 is 46.6 Å². The smallest absolute Gasteiger partial charge is 0.297 e. The first-order valence-electron chi connectivity index (χ1n) is 25.6. The van der Waals surface area contributed by atoms with Crippen LogP contribution in [0.1, 0.15) is 119 Å². The van der Waals surface area contributed by atoms with E-state index >= 15 is 4.39 Å². The lowest BCUT2D eigenvalue weighted by atomic mass is 9.70. The third-order valence-electron chi connectivity index (χ3n) is 16.3. The van der Waals surface area contributed by atoms with Crippen LogP contribution in [-0.4, -0.2) is 110 Å². The second-order valence-corrected chi connectivity index (χ2v) is 23.3. The number of rotatable bonds is 15. The van der Waals surface area contributed by atoms with Gasteiger partial charge in [0, 0.05) is 75.5 Å². The average molecular weight is 1020 g/mol. The van der Waals surface area contributed by atoms with E-state index in [0.717, 1.165) is 63.0 Å². The van der Waals surface area contributed by atoms with Crippen molar-refractivity contribution in [3.05, 3.63) is 99.5 Å². The van der Waals surface area contributed by atoms with Gasteiger partial charge in [0.2, 0.25) is 0 Å². The number of amides is 1. The van der Waals surface area contributed by atoms with E-state index in [1.54, 1.807) is 26.0 Å². The van der Waals surface area contributed by atoms with Crippen molar-refractivity contribution in [3.63, 3.8) is 0 Å². The molecule has 2 aliphatic carbocycles. The fourth-order valence-corrected chi connectivity index (χ4v) is 12.9. The van der Waals surface area contributed by atoms with Crippen molar-refractivity contribution in [2.45, 2.75) is 126 Å². The van der Waals surface area contributed by atoms with Crippen LogP contribution in [0.25, 0.3) is 11.0 Å². The van der Waals surface area contributed by atoms with E-state index in [2.05, 4.69) is 67.9 Å². The van der Waals surface area contributed by atoms with E-state index in [-0.39, 0.29) is 82.1 Å². The number of pyridine rings is 1. The number of sulfonamides is 1. The number of carbonyl (C=O) groups is 1. The number of benzene rings is 3. The molecule has 0 bridgehead atoms. The number of aromatic amines is 1. The quantitative estimate of drug-likeness (QED) is 0.0569. The van der Waals surface area contributed by atoms with E-state index < -0.39 is 42.9 Å². The maximum absolute atomic E-state index is 15.1. The second kappa shape index (κ2) is 20.0. The van der Waals surface area contributed by atoms with Crippen LogP contribution in [0.2, 0.25) is 0 Å². The number of anilines is 2. The Balaban J connectivity index is 0.904. The van der Waals surface area contributed by atoms with E-state index in [9.17, 15) is 28.4 Å². The molecule has 5 heterocycles. The summed E-state index contributed by atoms with van der Waals surface area (Å²) in [6.07, 6.45) is 8.87. The number of nitro groups is 1. The maximum Gasteiger partial charge on any atom is 0.297 e. The van der Waals surface area contributed by atoms with Crippen molar-refractivity contribution in [3.8, 4) is 23.1 Å². The van der Waals surface area contributed by atoms with Crippen molar-refractivity contribution >= 4 is 44.0 Å². The van der Waals surface area contributed by atoms with Gasteiger partial charge in [-0.15, -0.1) is 0 Å². The van der Waals surface area contributed by atoms with E-state index in [0.29, 0.717) is 43.6 Å². The van der Waals surface area contributed by atoms with Gasteiger partial charge in [0.05, 0.1) is 38.5 Å². The van der Waals surface area contributed by atoms with Crippen LogP contribution in [0.15, 0.2) is 71.8 Å². The number of aromatic nitrogens is 2. The van der Waals surface area contributed by atoms with Crippen LogP contribution in [0.3, 0.4) is 0 Å². The first kappa shape index (κ1) is 50.5. The first-order valence-corrected chi connectivity index (χ1v) is 27.1. The number of nitrogens with zero attached hydrogens (tertiary/aromatic N) is 4. The minimum absolute atomic E-state index is 0.0261. The summed E-state index contributed by atoms with van der Waals surface area (Å²) in [5, 5.41) is 26.3. The van der Waals surface area contributed by atoms with Crippen molar-refractivity contribution in [2.75, 3.05) is 56.7 Å². The molecule has 390 valence electrons. The van der Waals surface area contributed by atoms with E-state index in [4.69, 9.17) is 18.9 Å². The molecule has 2 aromatic heterocycles. The predicted octanol–water partition coefficient (Wildman–Crippen LogP) is 9.41. The molecule has 73 heavy (non-hydrogen) atoms. The van der Waals surface area contributed by atoms with Crippen LogP contribution in [-0.2, 0) is 14.8 Å². The number of hydrogen-bond acceptors (Lipinski definition) is 14. The fourth-order valence-electron chi connectivity index (χ4n) is 11.9. The summed E-state index contributed by atoms with van der Waals surface area (Å²) in [7, 11) is -3.25. The van der Waals surface area contributed by atoms with Crippen molar-refractivity contribution in [2.24, 2.45) is 11.3 Å². The van der Waals surface area contributed by atoms with Crippen LogP contribution in [0.4, 0.5) is 21.5 Å². The number of fused-ring (bicyclic) bond motifs is 2. The zero-order valence-corrected chi connectivity index (χ0v) is 42.9. The van der Waals surface area contributed by atoms with Gasteiger partial charge in [0.1, 0.15) is 30.4 Å². The SMILES string of the molecule is COC(C)COc1nc2[nH]cc(F)c2cc1Oc1cc(N2CCC3(CC2)CN(C2CCC[C@H]2c2ccccc2C(C)C)C3)ccc1C(=O)NS(=O)(=O)c1cc2c(c([N+](=O)[O-])c1)N[C@@H]([C@H]1CC[C@](C)(O)CC1)CO2. The molecular weight excluding hydrogens is 958 g/mol. The second-order valence-electron chi connectivity index (χ2n) is 21.6. The first-order chi connectivity index (χ1) is 34.9. The minimum Gasteiger partial charge on any atom is -0.489 e. The highest BCUT2D eigenvalue weighted by Crippen LogP contribution is 2.50. The lowest BCUT2D eigenvalue weighted by Crippen LogP contribution is -2.63. The monoisotopic (exact) mass is 1020 g/mol. The van der Waals surface area contributed by atoms with Crippen molar-refractivity contribution in [1.29, 1.82) is 0 Å². The van der Waals surface area contributed by atoms with Crippen LogP contribution in [0.5, 0.6) is 23.1 Å². The molecular formula is C54H66FN7O10S. The van der Waals surface area contributed by atoms with Gasteiger partial charge in [0.25, 0.3) is 27.5 Å². The van der Waals surface area contributed by atoms with Gasteiger partial charge in [-0.1, -0.05) is 44.5 Å². The number of nitrogens with one attached hydrogen (secondary N) is 3. The number of nitro benzene ring substituents is 1. The highest BCUT2D eigenvalue weighted by atomic mass is 32.2. The molecule has 4 fully saturated rings. The summed E-state index contributed by atoms with van der Waals surface area (Å²) in [4.78, 5) is 37.8. The molecule has 0 radical (unpaired) electrons. The number of H-pyrrole nitrogens is 1. The Morgan fingerprint density at radius 3 is 2.51 bits per heavy atom. The normalized spacial score (nSPS) is 24.4. The summed E-state index contributed by atoms with van der Waals surface area (Å²) in [6, 6.07) is 17.5. The topological polar surface area (TPSA) is 211 Å². The van der Waals surface area contributed by atoms with Gasteiger partial charge in [-0.25, -0.2) is 17.5 Å². The lowest BCUT2D eigenvalue weighted by Gasteiger charge is -2.57.